The highest BCUT2D eigenvalue weighted by Gasteiger charge is 2.00. The Morgan fingerprint density at radius 2 is 2.15 bits per heavy atom. The third-order valence-corrected chi connectivity index (χ3v) is 1.86. The fourth-order valence-corrected chi connectivity index (χ4v) is 1.28. The topological polar surface area (TPSA) is 27.1 Å². The molecule has 3 heteroatoms. The third-order valence-electron chi connectivity index (χ3n) is 1.86. The van der Waals surface area contributed by atoms with E-state index in [4.69, 9.17) is 4.74 Å². The maximum atomic E-state index is 5.45. The van der Waals surface area contributed by atoms with Gasteiger partial charge in [0.05, 0.1) is 24.9 Å². The normalized spacial score (nSPS) is 11.2. The number of hydrogen-bond donors (Lipinski definition) is 0. The Morgan fingerprint density at radius 1 is 1.46 bits per heavy atom. The zero-order chi connectivity index (χ0) is 9.84. The molecule has 0 aliphatic heterocycles. The van der Waals surface area contributed by atoms with E-state index in [2.05, 4.69) is 18.1 Å². The van der Waals surface area contributed by atoms with Crippen LogP contribution in [0.2, 0.25) is 0 Å². The van der Waals surface area contributed by atoms with Crippen LogP contribution in [0.25, 0.3) is 0 Å². The van der Waals surface area contributed by atoms with Gasteiger partial charge in [-0.2, -0.15) is 5.10 Å². The number of hydrogen-bond acceptors (Lipinski definition) is 2. The average Bonchev–Trinajstić information content (AvgIpc) is 2.29. The van der Waals surface area contributed by atoms with Gasteiger partial charge in [-0.1, -0.05) is 0 Å². The van der Waals surface area contributed by atoms with Crippen molar-refractivity contribution in [2.75, 3.05) is 6.61 Å². The minimum Gasteiger partial charge on any atom is -0.377 e. The fourth-order valence-electron chi connectivity index (χ4n) is 1.28. The minimum absolute atomic E-state index is 0.303. The monoisotopic (exact) mass is 182 g/mol. The number of rotatable bonds is 4. The first-order valence-corrected chi connectivity index (χ1v) is 4.72. The first-order chi connectivity index (χ1) is 6.09. The predicted octanol–water partition coefficient (Wildman–Crippen LogP) is 1.92. The molecule has 0 radical (unpaired) electrons. The summed E-state index contributed by atoms with van der Waals surface area (Å²) in [6.45, 7) is 9.74. The highest BCUT2D eigenvalue weighted by Crippen LogP contribution is 2.01. The lowest BCUT2D eigenvalue weighted by Crippen LogP contribution is -2.12. The molecular weight excluding hydrogens is 164 g/mol. The molecule has 1 aromatic heterocycles. The Hall–Kier alpha value is -0.830. The number of aromatic nitrogens is 2. The zero-order valence-corrected chi connectivity index (χ0v) is 8.87. The molecule has 13 heavy (non-hydrogen) atoms. The second-order valence-corrected chi connectivity index (χ2v) is 3.57. The molecule has 0 saturated carbocycles. The molecule has 0 bridgehead atoms. The lowest BCUT2D eigenvalue weighted by Gasteiger charge is -2.08. The SMILES string of the molecule is Cc1cc(C)n(CCOC(C)C)n1. The van der Waals surface area contributed by atoms with Crippen LogP contribution in [-0.4, -0.2) is 22.5 Å². The van der Waals surface area contributed by atoms with Crippen molar-refractivity contribution in [2.24, 2.45) is 0 Å². The number of ether oxygens (including phenoxy) is 1. The van der Waals surface area contributed by atoms with Gasteiger partial charge in [0.2, 0.25) is 0 Å². The van der Waals surface area contributed by atoms with Crippen molar-refractivity contribution in [3.05, 3.63) is 17.5 Å². The summed E-state index contributed by atoms with van der Waals surface area (Å²) in [5.41, 5.74) is 2.27. The molecule has 0 atom stereocenters. The van der Waals surface area contributed by atoms with Crippen molar-refractivity contribution in [2.45, 2.75) is 40.3 Å². The molecule has 3 nitrogen and oxygen atoms in total. The van der Waals surface area contributed by atoms with Gasteiger partial charge in [0, 0.05) is 5.69 Å². The highest BCUT2D eigenvalue weighted by atomic mass is 16.5. The molecule has 0 aliphatic carbocycles. The molecule has 1 aromatic rings. The van der Waals surface area contributed by atoms with Crippen molar-refractivity contribution < 1.29 is 4.74 Å². The predicted molar refractivity (Wildman–Crippen MR) is 52.8 cm³/mol. The van der Waals surface area contributed by atoms with Crippen molar-refractivity contribution in [3.8, 4) is 0 Å². The van der Waals surface area contributed by atoms with Crippen molar-refractivity contribution in [3.63, 3.8) is 0 Å². The fraction of sp³-hybridized carbons (Fsp3) is 0.700. The molecule has 0 amide bonds. The van der Waals surface area contributed by atoms with Crippen LogP contribution in [0.4, 0.5) is 0 Å². The summed E-state index contributed by atoms with van der Waals surface area (Å²) in [4.78, 5) is 0. The first-order valence-electron chi connectivity index (χ1n) is 4.72. The molecule has 1 heterocycles. The van der Waals surface area contributed by atoms with Gasteiger partial charge in [0.25, 0.3) is 0 Å². The van der Waals surface area contributed by atoms with Gasteiger partial charge < -0.3 is 4.74 Å². The van der Waals surface area contributed by atoms with E-state index >= 15 is 0 Å². The smallest absolute Gasteiger partial charge is 0.0666 e. The van der Waals surface area contributed by atoms with Gasteiger partial charge in [0.15, 0.2) is 0 Å². The van der Waals surface area contributed by atoms with Crippen molar-refractivity contribution in [1.82, 2.24) is 9.78 Å². The molecule has 0 aromatic carbocycles. The summed E-state index contributed by atoms with van der Waals surface area (Å²) >= 11 is 0. The summed E-state index contributed by atoms with van der Waals surface area (Å²) in [7, 11) is 0. The zero-order valence-electron chi connectivity index (χ0n) is 8.87. The molecule has 0 saturated heterocycles. The molecule has 0 N–H and O–H groups in total. The van der Waals surface area contributed by atoms with Crippen LogP contribution >= 0.6 is 0 Å². The quantitative estimate of drug-likeness (QED) is 0.711. The Bertz CT molecular complexity index is 266. The van der Waals surface area contributed by atoms with E-state index in [9.17, 15) is 0 Å². The summed E-state index contributed by atoms with van der Waals surface area (Å²) in [5, 5.41) is 4.34. The minimum atomic E-state index is 0.303. The largest absolute Gasteiger partial charge is 0.377 e. The summed E-state index contributed by atoms with van der Waals surface area (Å²) in [6, 6.07) is 2.08. The molecular formula is C10H18N2O. The van der Waals surface area contributed by atoms with Crippen LogP contribution in [0.3, 0.4) is 0 Å². The lowest BCUT2D eigenvalue weighted by molar-refractivity contribution is 0.0706. The first kappa shape index (κ1) is 10.3. The van der Waals surface area contributed by atoms with Crippen LogP contribution in [0.15, 0.2) is 6.07 Å². The van der Waals surface area contributed by atoms with Crippen LogP contribution < -0.4 is 0 Å². The Kier molecular flexibility index (Phi) is 3.48. The van der Waals surface area contributed by atoms with Gasteiger partial charge in [-0.05, 0) is 33.8 Å². The molecule has 0 spiro atoms. The van der Waals surface area contributed by atoms with Gasteiger partial charge in [-0.3, -0.25) is 4.68 Å². The summed E-state index contributed by atoms with van der Waals surface area (Å²) < 4.78 is 7.43. The van der Waals surface area contributed by atoms with Gasteiger partial charge in [-0.25, -0.2) is 0 Å². The maximum Gasteiger partial charge on any atom is 0.0666 e. The highest BCUT2D eigenvalue weighted by molar-refractivity contribution is 5.06. The molecule has 0 aliphatic rings. The van der Waals surface area contributed by atoms with E-state index in [1.165, 1.54) is 5.69 Å². The second kappa shape index (κ2) is 4.42. The Labute approximate surface area is 79.7 Å². The second-order valence-electron chi connectivity index (χ2n) is 3.57. The third kappa shape index (κ3) is 3.19. The van der Waals surface area contributed by atoms with E-state index in [1.54, 1.807) is 0 Å². The lowest BCUT2D eigenvalue weighted by atomic mass is 10.4. The van der Waals surface area contributed by atoms with Gasteiger partial charge >= 0.3 is 0 Å². The van der Waals surface area contributed by atoms with E-state index < -0.39 is 0 Å². The Balaban J connectivity index is 2.40. The van der Waals surface area contributed by atoms with Gasteiger partial charge in [0.1, 0.15) is 0 Å². The van der Waals surface area contributed by atoms with E-state index in [-0.39, 0.29) is 0 Å². The summed E-state index contributed by atoms with van der Waals surface area (Å²) in [5.74, 6) is 0. The van der Waals surface area contributed by atoms with Crippen LogP contribution in [-0.2, 0) is 11.3 Å². The molecule has 0 fully saturated rings. The molecule has 74 valence electrons. The summed E-state index contributed by atoms with van der Waals surface area (Å²) in [6.07, 6.45) is 0.303. The average molecular weight is 182 g/mol. The van der Waals surface area contributed by atoms with Gasteiger partial charge in [-0.15, -0.1) is 0 Å². The van der Waals surface area contributed by atoms with Crippen molar-refractivity contribution in [1.29, 1.82) is 0 Å². The number of aryl methyl sites for hydroxylation is 2. The van der Waals surface area contributed by atoms with Crippen LogP contribution in [0, 0.1) is 13.8 Å². The Morgan fingerprint density at radius 3 is 2.62 bits per heavy atom. The standard InChI is InChI=1S/C10H18N2O/c1-8(2)13-6-5-12-10(4)7-9(3)11-12/h7-8H,5-6H2,1-4H3. The van der Waals surface area contributed by atoms with Crippen LogP contribution in [0.5, 0.6) is 0 Å². The van der Waals surface area contributed by atoms with Crippen LogP contribution in [0.1, 0.15) is 25.2 Å². The molecule has 0 unspecified atom stereocenters. The van der Waals surface area contributed by atoms with E-state index in [0.717, 1.165) is 18.8 Å². The molecule has 1 rings (SSSR count). The van der Waals surface area contributed by atoms with E-state index in [1.807, 2.05) is 25.5 Å². The maximum absolute atomic E-state index is 5.45. The van der Waals surface area contributed by atoms with E-state index in [0.29, 0.717) is 6.10 Å². The number of nitrogens with zero attached hydrogens (tertiary/aromatic N) is 2. The van der Waals surface area contributed by atoms with Crippen molar-refractivity contribution >= 4 is 0 Å².